The average molecular weight is 393 g/mol. The molecule has 3 unspecified atom stereocenters. The smallest absolute Gasteiger partial charge is 0.310 e. The number of hydrogen-bond donors (Lipinski definition) is 0. The molecule has 4 heteroatoms. The van der Waals surface area contributed by atoms with E-state index in [-0.39, 0.29) is 23.7 Å². The van der Waals surface area contributed by atoms with Gasteiger partial charge < -0.3 is 9.64 Å². The predicted octanol–water partition coefficient (Wildman–Crippen LogP) is 4.28. The highest BCUT2D eigenvalue weighted by molar-refractivity contribution is 5.80. The van der Waals surface area contributed by atoms with Gasteiger partial charge in [-0.15, -0.1) is 0 Å². The van der Waals surface area contributed by atoms with Crippen LogP contribution < -0.4 is 4.90 Å². The fourth-order valence-electron chi connectivity index (χ4n) is 4.77. The lowest BCUT2D eigenvalue weighted by Crippen LogP contribution is -2.48. The van der Waals surface area contributed by atoms with Gasteiger partial charge in [0, 0.05) is 49.7 Å². The lowest BCUT2D eigenvalue weighted by molar-refractivity contribution is -0.144. The summed E-state index contributed by atoms with van der Waals surface area (Å²) in [5.41, 5.74) is 3.75. The molecule has 154 valence electrons. The molecule has 2 aliphatic rings. The van der Waals surface area contributed by atoms with Crippen LogP contribution in [0.25, 0.3) is 0 Å². The van der Waals surface area contributed by atoms with E-state index in [0.717, 1.165) is 26.2 Å². The first kappa shape index (κ1) is 20.0. The average Bonchev–Trinajstić information content (AvgIpc) is 3.51. The summed E-state index contributed by atoms with van der Waals surface area (Å²) in [6.45, 7) is 11.2. The van der Waals surface area contributed by atoms with Crippen molar-refractivity contribution in [3.8, 4) is 0 Å². The quantitative estimate of drug-likeness (QED) is 0.687. The largest absolute Gasteiger partial charge is 0.466 e. The highest BCUT2D eigenvalue weighted by Crippen LogP contribution is 2.61. The highest BCUT2D eigenvalue weighted by Gasteiger charge is 2.57. The number of ether oxygens (including phenoxy) is 1. The van der Waals surface area contributed by atoms with Crippen LogP contribution >= 0.6 is 0 Å². The van der Waals surface area contributed by atoms with Crippen LogP contribution in [0.1, 0.15) is 43.7 Å². The Labute approximate surface area is 174 Å². The van der Waals surface area contributed by atoms with Crippen LogP contribution in [0, 0.1) is 5.92 Å². The van der Waals surface area contributed by atoms with Crippen LogP contribution in [-0.2, 0) is 9.53 Å². The van der Waals surface area contributed by atoms with Gasteiger partial charge in [-0.05, 0) is 44.0 Å². The normalized spacial score (nSPS) is 24.6. The van der Waals surface area contributed by atoms with Crippen molar-refractivity contribution in [1.29, 1.82) is 0 Å². The minimum Gasteiger partial charge on any atom is -0.466 e. The summed E-state index contributed by atoms with van der Waals surface area (Å²) in [6, 6.07) is 19.8. The molecule has 1 aliphatic heterocycles. The Morgan fingerprint density at radius 3 is 2.28 bits per heavy atom. The highest BCUT2D eigenvalue weighted by atomic mass is 16.5. The van der Waals surface area contributed by atoms with E-state index in [2.05, 4.69) is 72.2 Å². The zero-order valence-corrected chi connectivity index (χ0v) is 17.8. The van der Waals surface area contributed by atoms with Crippen molar-refractivity contribution in [3.63, 3.8) is 0 Å². The fourth-order valence-corrected chi connectivity index (χ4v) is 4.77. The van der Waals surface area contributed by atoms with Crippen LogP contribution in [-0.4, -0.2) is 49.7 Å². The molecule has 1 heterocycles. The molecule has 1 saturated carbocycles. The number of rotatable bonds is 6. The molecule has 4 rings (SSSR count). The van der Waals surface area contributed by atoms with Crippen molar-refractivity contribution in [2.24, 2.45) is 5.92 Å². The number of hydrogen-bond acceptors (Lipinski definition) is 4. The number of esters is 1. The van der Waals surface area contributed by atoms with Gasteiger partial charge in [-0.2, -0.15) is 0 Å². The van der Waals surface area contributed by atoms with Gasteiger partial charge >= 0.3 is 5.97 Å². The van der Waals surface area contributed by atoms with Crippen molar-refractivity contribution < 1.29 is 9.53 Å². The molecular formula is C25H32N2O2. The molecule has 2 fully saturated rings. The van der Waals surface area contributed by atoms with E-state index in [4.69, 9.17) is 4.74 Å². The molecule has 0 N–H and O–H groups in total. The Balaban J connectivity index is 1.54. The van der Waals surface area contributed by atoms with Crippen molar-refractivity contribution in [2.75, 3.05) is 37.7 Å². The van der Waals surface area contributed by atoms with Gasteiger partial charge in [0.05, 0.1) is 12.5 Å². The van der Waals surface area contributed by atoms with Crippen molar-refractivity contribution >= 4 is 11.7 Å². The standard InChI is InChI=1S/C25H32N2O2/c1-4-29-25(28)24-22(19-9-6-5-7-10-19)23(24)20-11-8-12-21(17-20)27-15-13-26(14-16-27)18(2)3/h5-12,17-18,22-24H,4,13-16H2,1-3H3. The maximum absolute atomic E-state index is 12.6. The third kappa shape index (κ3) is 4.18. The van der Waals surface area contributed by atoms with Gasteiger partial charge in [-0.1, -0.05) is 42.5 Å². The number of carbonyl (C=O) groups excluding carboxylic acids is 1. The summed E-state index contributed by atoms with van der Waals surface area (Å²) < 4.78 is 5.40. The minimum atomic E-state index is -0.0783. The summed E-state index contributed by atoms with van der Waals surface area (Å²) >= 11 is 0. The molecule has 29 heavy (non-hydrogen) atoms. The summed E-state index contributed by atoms with van der Waals surface area (Å²) in [5.74, 6) is 0.268. The summed E-state index contributed by atoms with van der Waals surface area (Å²) in [6.07, 6.45) is 0. The Kier molecular flexibility index (Phi) is 5.91. The SMILES string of the molecule is CCOC(=O)C1C(c2ccccc2)C1c1cccc(N2CCN(C(C)C)CC2)c1. The second kappa shape index (κ2) is 8.58. The van der Waals surface area contributed by atoms with Crippen LogP contribution in [0.15, 0.2) is 54.6 Å². The molecule has 2 aromatic rings. The second-order valence-electron chi connectivity index (χ2n) is 8.45. The van der Waals surface area contributed by atoms with Crippen LogP contribution in [0.4, 0.5) is 5.69 Å². The third-order valence-corrected chi connectivity index (χ3v) is 6.43. The zero-order chi connectivity index (χ0) is 20.4. The van der Waals surface area contributed by atoms with Crippen LogP contribution in [0.2, 0.25) is 0 Å². The van der Waals surface area contributed by atoms with E-state index in [0.29, 0.717) is 12.6 Å². The molecule has 0 aromatic heterocycles. The van der Waals surface area contributed by atoms with Crippen molar-refractivity contribution in [3.05, 3.63) is 65.7 Å². The number of nitrogens with zero attached hydrogens (tertiary/aromatic N) is 2. The fraction of sp³-hybridized carbons (Fsp3) is 0.480. The predicted molar refractivity (Wildman–Crippen MR) is 117 cm³/mol. The second-order valence-corrected chi connectivity index (χ2v) is 8.45. The maximum atomic E-state index is 12.6. The van der Waals surface area contributed by atoms with Gasteiger partial charge in [0.25, 0.3) is 0 Å². The third-order valence-electron chi connectivity index (χ3n) is 6.43. The lowest BCUT2D eigenvalue weighted by Gasteiger charge is -2.38. The first-order valence-electron chi connectivity index (χ1n) is 10.9. The van der Waals surface area contributed by atoms with E-state index < -0.39 is 0 Å². The molecule has 4 nitrogen and oxygen atoms in total. The summed E-state index contributed by atoms with van der Waals surface area (Å²) in [4.78, 5) is 17.6. The van der Waals surface area contributed by atoms with Crippen LogP contribution in [0.3, 0.4) is 0 Å². The monoisotopic (exact) mass is 392 g/mol. The first-order chi connectivity index (χ1) is 14.1. The molecule has 1 saturated heterocycles. The Hall–Kier alpha value is -2.33. The number of carbonyl (C=O) groups is 1. The van der Waals surface area contributed by atoms with Gasteiger partial charge in [-0.25, -0.2) is 0 Å². The van der Waals surface area contributed by atoms with Gasteiger partial charge in [-0.3, -0.25) is 9.69 Å². The number of benzene rings is 2. The zero-order valence-electron chi connectivity index (χ0n) is 17.8. The van der Waals surface area contributed by atoms with E-state index in [1.165, 1.54) is 16.8 Å². The van der Waals surface area contributed by atoms with E-state index >= 15 is 0 Å². The lowest BCUT2D eigenvalue weighted by atomic mass is 10.0. The summed E-state index contributed by atoms with van der Waals surface area (Å²) in [7, 11) is 0. The molecule has 2 aromatic carbocycles. The van der Waals surface area contributed by atoms with E-state index in [9.17, 15) is 4.79 Å². The topological polar surface area (TPSA) is 32.8 Å². The molecule has 3 atom stereocenters. The van der Waals surface area contributed by atoms with Gasteiger partial charge in [0.15, 0.2) is 0 Å². The van der Waals surface area contributed by atoms with Crippen molar-refractivity contribution in [2.45, 2.75) is 38.6 Å². The minimum absolute atomic E-state index is 0.0673. The van der Waals surface area contributed by atoms with E-state index in [1.54, 1.807) is 0 Å². The van der Waals surface area contributed by atoms with Crippen molar-refractivity contribution in [1.82, 2.24) is 4.90 Å². The maximum Gasteiger partial charge on any atom is 0.310 e. The number of anilines is 1. The number of piperazine rings is 1. The Morgan fingerprint density at radius 2 is 1.62 bits per heavy atom. The van der Waals surface area contributed by atoms with E-state index in [1.807, 2.05) is 13.0 Å². The molecule has 0 spiro atoms. The molecule has 0 bridgehead atoms. The molecule has 1 aliphatic carbocycles. The Bertz CT molecular complexity index is 828. The molecule has 0 radical (unpaired) electrons. The summed E-state index contributed by atoms with van der Waals surface area (Å²) in [5, 5.41) is 0. The first-order valence-corrected chi connectivity index (χ1v) is 10.9. The molecular weight excluding hydrogens is 360 g/mol. The Morgan fingerprint density at radius 1 is 0.966 bits per heavy atom. The van der Waals surface area contributed by atoms with Gasteiger partial charge in [0.1, 0.15) is 0 Å². The van der Waals surface area contributed by atoms with Gasteiger partial charge in [0.2, 0.25) is 0 Å². The molecule has 0 amide bonds. The van der Waals surface area contributed by atoms with Crippen LogP contribution in [0.5, 0.6) is 0 Å².